The number of carbonyl (C=O) groups excluding carboxylic acids is 2. The molecule has 1 saturated heterocycles. The first-order chi connectivity index (χ1) is 17.6. The number of aryl methyl sites for hydroxylation is 3. The van der Waals surface area contributed by atoms with E-state index in [-0.39, 0.29) is 34.6 Å². The van der Waals surface area contributed by atoms with E-state index in [4.69, 9.17) is 4.52 Å². The van der Waals surface area contributed by atoms with E-state index in [1.54, 1.807) is 37.3 Å². The highest BCUT2D eigenvalue weighted by molar-refractivity contribution is 7.89. The Bertz CT molecular complexity index is 1460. The molecule has 1 aliphatic rings. The summed E-state index contributed by atoms with van der Waals surface area (Å²) in [7, 11) is -3.95. The maximum absolute atomic E-state index is 13.7. The summed E-state index contributed by atoms with van der Waals surface area (Å²) >= 11 is 0. The Morgan fingerprint density at radius 3 is 2.51 bits per heavy atom. The van der Waals surface area contributed by atoms with Gasteiger partial charge in [0.2, 0.25) is 15.9 Å². The van der Waals surface area contributed by atoms with Gasteiger partial charge in [0, 0.05) is 24.3 Å². The lowest BCUT2D eigenvalue weighted by atomic mass is 9.98. The Balaban J connectivity index is 1.52. The lowest BCUT2D eigenvalue weighted by Crippen LogP contribution is -2.43. The van der Waals surface area contributed by atoms with Gasteiger partial charge in [-0.25, -0.2) is 8.42 Å². The zero-order chi connectivity index (χ0) is 26.7. The van der Waals surface area contributed by atoms with Gasteiger partial charge in [-0.05, 0) is 82.0 Å². The van der Waals surface area contributed by atoms with Crippen molar-refractivity contribution < 1.29 is 22.5 Å². The largest absolute Gasteiger partial charge is 0.355 e. The molecule has 194 valence electrons. The van der Waals surface area contributed by atoms with Crippen molar-refractivity contribution in [1.82, 2.24) is 9.46 Å². The van der Waals surface area contributed by atoms with E-state index < -0.39 is 15.9 Å². The van der Waals surface area contributed by atoms with Gasteiger partial charge in [-0.15, -0.1) is 0 Å². The van der Waals surface area contributed by atoms with Gasteiger partial charge in [0.15, 0.2) is 16.4 Å². The van der Waals surface area contributed by atoms with Gasteiger partial charge < -0.3 is 9.84 Å². The first kappa shape index (κ1) is 26.5. The quantitative estimate of drug-likeness (QED) is 0.438. The summed E-state index contributed by atoms with van der Waals surface area (Å²) in [5.74, 6) is -0.661. The number of hydrogen-bond acceptors (Lipinski definition) is 6. The van der Waals surface area contributed by atoms with E-state index in [9.17, 15) is 18.0 Å². The Morgan fingerprint density at radius 1 is 1.08 bits per heavy atom. The number of hydrogen-bond donors (Lipinski definition) is 1. The van der Waals surface area contributed by atoms with Crippen molar-refractivity contribution >= 4 is 39.6 Å². The van der Waals surface area contributed by atoms with Crippen LogP contribution < -0.4 is 5.32 Å². The molecule has 0 spiro atoms. The summed E-state index contributed by atoms with van der Waals surface area (Å²) in [6.07, 6.45) is 4.59. The SMILES string of the molecule is CC(=O)c1ccc(NC(=O)[C@@H]2CCCN(S(=O)(=O)c3c(C)noc3/C=C/c3cc(C)ccc3C)C2)cc1. The highest BCUT2D eigenvalue weighted by atomic mass is 32.2. The molecule has 9 heteroatoms. The second-order valence-electron chi connectivity index (χ2n) is 9.48. The van der Waals surface area contributed by atoms with Crippen molar-refractivity contribution in [2.75, 3.05) is 18.4 Å². The van der Waals surface area contributed by atoms with E-state index in [0.717, 1.165) is 16.7 Å². The van der Waals surface area contributed by atoms with Crippen LogP contribution in [0.25, 0.3) is 12.2 Å². The van der Waals surface area contributed by atoms with Gasteiger partial charge in [-0.2, -0.15) is 4.31 Å². The van der Waals surface area contributed by atoms with Crippen LogP contribution >= 0.6 is 0 Å². The molecular weight excluding hydrogens is 490 g/mol. The molecule has 0 aliphatic carbocycles. The first-order valence-corrected chi connectivity index (χ1v) is 13.6. The molecule has 0 radical (unpaired) electrons. The normalized spacial score (nSPS) is 16.7. The standard InChI is InChI=1S/C28H31N3O5S/c1-18-7-8-19(2)23(16-18)11-14-26-27(20(3)30-36-26)37(34,35)31-15-5-6-24(17-31)28(33)29-25-12-9-22(10-13-25)21(4)32/h7-14,16,24H,5-6,15,17H2,1-4H3,(H,29,33)/b14-11+/t24-/m1/s1. The number of sulfonamides is 1. The summed E-state index contributed by atoms with van der Waals surface area (Å²) < 4.78 is 34.1. The van der Waals surface area contributed by atoms with Crippen LogP contribution in [0.2, 0.25) is 0 Å². The fraction of sp³-hybridized carbons (Fsp3) is 0.321. The van der Waals surface area contributed by atoms with Crippen molar-refractivity contribution in [2.24, 2.45) is 5.92 Å². The average molecular weight is 522 g/mol. The molecule has 37 heavy (non-hydrogen) atoms. The predicted molar refractivity (Wildman–Crippen MR) is 143 cm³/mol. The molecule has 1 aliphatic heterocycles. The zero-order valence-corrected chi connectivity index (χ0v) is 22.3. The number of Topliss-reactive ketones (excluding diaryl/α,β-unsaturated/α-hetero) is 1. The van der Waals surface area contributed by atoms with Gasteiger partial charge in [-0.3, -0.25) is 9.59 Å². The molecule has 4 rings (SSSR count). The summed E-state index contributed by atoms with van der Waals surface area (Å²) in [6, 6.07) is 12.7. The third-order valence-electron chi connectivity index (χ3n) is 6.59. The monoisotopic (exact) mass is 521 g/mol. The van der Waals surface area contributed by atoms with E-state index in [2.05, 4.69) is 10.5 Å². The van der Waals surface area contributed by atoms with Crippen LogP contribution in [0.3, 0.4) is 0 Å². The van der Waals surface area contributed by atoms with Crippen LogP contribution in [0.1, 0.15) is 58.3 Å². The molecule has 8 nitrogen and oxygen atoms in total. The minimum Gasteiger partial charge on any atom is -0.355 e. The fourth-order valence-electron chi connectivity index (χ4n) is 4.44. The minimum atomic E-state index is -3.95. The van der Waals surface area contributed by atoms with Gasteiger partial charge in [0.25, 0.3) is 0 Å². The molecule has 1 amide bonds. The summed E-state index contributed by atoms with van der Waals surface area (Å²) in [6.45, 7) is 7.43. The van der Waals surface area contributed by atoms with Crippen LogP contribution in [-0.2, 0) is 14.8 Å². The Morgan fingerprint density at radius 2 is 1.81 bits per heavy atom. The van der Waals surface area contributed by atoms with Crippen molar-refractivity contribution in [3.63, 3.8) is 0 Å². The van der Waals surface area contributed by atoms with Crippen molar-refractivity contribution in [2.45, 2.75) is 45.4 Å². The van der Waals surface area contributed by atoms with Crippen LogP contribution in [0, 0.1) is 26.7 Å². The van der Waals surface area contributed by atoms with Gasteiger partial charge in [0.1, 0.15) is 5.69 Å². The van der Waals surface area contributed by atoms with Crippen molar-refractivity contribution in [3.8, 4) is 0 Å². The molecule has 0 saturated carbocycles. The lowest BCUT2D eigenvalue weighted by molar-refractivity contribution is -0.120. The maximum Gasteiger partial charge on any atom is 0.248 e. The number of nitrogens with one attached hydrogen (secondary N) is 1. The number of nitrogens with zero attached hydrogens (tertiary/aromatic N) is 2. The number of benzene rings is 2. The van der Waals surface area contributed by atoms with E-state index in [0.29, 0.717) is 30.6 Å². The maximum atomic E-state index is 13.7. The third-order valence-corrected chi connectivity index (χ3v) is 8.62. The average Bonchev–Trinajstić information content (AvgIpc) is 3.26. The number of aromatic nitrogens is 1. The van der Waals surface area contributed by atoms with E-state index in [1.807, 2.05) is 38.1 Å². The third kappa shape index (κ3) is 5.89. The predicted octanol–water partition coefficient (Wildman–Crippen LogP) is 5.01. The van der Waals surface area contributed by atoms with E-state index >= 15 is 0 Å². The van der Waals surface area contributed by atoms with Crippen molar-refractivity contribution in [3.05, 3.63) is 76.2 Å². The van der Waals surface area contributed by atoms with Gasteiger partial charge in [0.05, 0.1) is 5.92 Å². The Hall–Kier alpha value is -3.56. The molecule has 1 atom stereocenters. The van der Waals surface area contributed by atoms with Crippen LogP contribution in [0.5, 0.6) is 0 Å². The smallest absolute Gasteiger partial charge is 0.248 e. The molecule has 3 aromatic rings. The number of piperidine rings is 1. The van der Waals surface area contributed by atoms with Crippen LogP contribution in [0.15, 0.2) is 51.9 Å². The molecular formula is C28H31N3O5S. The number of anilines is 1. The van der Waals surface area contributed by atoms with Gasteiger partial charge >= 0.3 is 0 Å². The minimum absolute atomic E-state index is 0.0231. The second-order valence-corrected chi connectivity index (χ2v) is 11.4. The molecule has 0 bridgehead atoms. The first-order valence-electron chi connectivity index (χ1n) is 12.2. The lowest BCUT2D eigenvalue weighted by Gasteiger charge is -2.31. The summed E-state index contributed by atoms with van der Waals surface area (Å²) in [5, 5.41) is 6.77. The molecule has 0 unspecified atom stereocenters. The molecule has 1 fully saturated rings. The Labute approximate surface area is 217 Å². The number of amides is 1. The molecule has 2 aromatic carbocycles. The van der Waals surface area contributed by atoms with E-state index in [1.165, 1.54) is 11.2 Å². The fourth-order valence-corrected chi connectivity index (χ4v) is 6.21. The Kier molecular flexibility index (Phi) is 7.75. The highest BCUT2D eigenvalue weighted by Gasteiger charge is 2.37. The highest BCUT2D eigenvalue weighted by Crippen LogP contribution is 2.30. The molecule has 2 heterocycles. The van der Waals surface area contributed by atoms with Crippen LogP contribution in [-0.4, -0.2) is 42.7 Å². The second kappa shape index (κ2) is 10.8. The summed E-state index contributed by atoms with van der Waals surface area (Å²) in [4.78, 5) is 24.5. The zero-order valence-electron chi connectivity index (χ0n) is 21.4. The van der Waals surface area contributed by atoms with Crippen LogP contribution in [0.4, 0.5) is 5.69 Å². The topological polar surface area (TPSA) is 110 Å². The number of carbonyl (C=O) groups is 2. The van der Waals surface area contributed by atoms with Crippen molar-refractivity contribution in [1.29, 1.82) is 0 Å². The van der Waals surface area contributed by atoms with Gasteiger partial charge in [-0.1, -0.05) is 35.0 Å². The molecule has 1 N–H and O–H groups in total. The summed E-state index contributed by atoms with van der Waals surface area (Å²) in [5.41, 5.74) is 4.51. The molecule has 1 aromatic heterocycles. The number of ketones is 1. The number of rotatable bonds is 7.